The van der Waals surface area contributed by atoms with Crippen LogP contribution in [0.4, 0.5) is 0 Å². The number of nitrogens with one attached hydrogen (secondary N) is 1. The van der Waals surface area contributed by atoms with Crippen LogP contribution in [-0.2, 0) is 11.3 Å². The maximum absolute atomic E-state index is 11.4. The second kappa shape index (κ2) is 7.99. The van der Waals surface area contributed by atoms with Gasteiger partial charge in [-0.3, -0.25) is 4.79 Å². The van der Waals surface area contributed by atoms with Crippen molar-refractivity contribution < 1.29 is 4.79 Å². The first-order valence-electron chi connectivity index (χ1n) is 7.19. The van der Waals surface area contributed by atoms with Gasteiger partial charge in [-0.05, 0) is 36.3 Å². The average Bonchev–Trinajstić information content (AvgIpc) is 2.72. The number of hydrogen-bond acceptors (Lipinski definition) is 2. The van der Waals surface area contributed by atoms with Crippen molar-refractivity contribution in [2.24, 2.45) is 0 Å². The Labute approximate surface area is 146 Å². The van der Waals surface area contributed by atoms with Crippen LogP contribution in [0.2, 0.25) is 10.0 Å². The van der Waals surface area contributed by atoms with Gasteiger partial charge in [-0.1, -0.05) is 29.3 Å². The lowest BCUT2D eigenvalue weighted by Crippen LogP contribution is -2.42. The Morgan fingerprint density at radius 2 is 1.91 bits per heavy atom. The monoisotopic (exact) mass is 359 g/mol. The molecule has 1 fully saturated rings. The van der Waals surface area contributed by atoms with Gasteiger partial charge in [0, 0.05) is 49.7 Å². The SMILES string of the molecule is CC(=O)N1CCCN(C(=S)NCc2ccc(Cl)cc2Cl)CC1. The number of nitrogens with zero attached hydrogens (tertiary/aromatic N) is 2. The summed E-state index contributed by atoms with van der Waals surface area (Å²) < 4.78 is 0. The van der Waals surface area contributed by atoms with Crippen LogP contribution >= 0.6 is 35.4 Å². The Morgan fingerprint density at radius 1 is 1.23 bits per heavy atom. The van der Waals surface area contributed by atoms with E-state index in [0.717, 1.165) is 31.6 Å². The minimum absolute atomic E-state index is 0.119. The minimum Gasteiger partial charge on any atom is -0.358 e. The van der Waals surface area contributed by atoms with Crippen LogP contribution in [0.25, 0.3) is 0 Å². The summed E-state index contributed by atoms with van der Waals surface area (Å²) in [6.45, 7) is 5.26. The van der Waals surface area contributed by atoms with E-state index in [0.29, 0.717) is 28.2 Å². The fourth-order valence-corrected chi connectivity index (χ4v) is 3.11. The number of benzene rings is 1. The number of hydrogen-bond donors (Lipinski definition) is 1. The lowest BCUT2D eigenvalue weighted by molar-refractivity contribution is -0.128. The molecule has 0 aliphatic carbocycles. The molecule has 1 amide bonds. The van der Waals surface area contributed by atoms with Gasteiger partial charge in [0.05, 0.1) is 0 Å². The molecule has 1 aromatic carbocycles. The first-order valence-corrected chi connectivity index (χ1v) is 8.36. The van der Waals surface area contributed by atoms with E-state index in [1.165, 1.54) is 0 Å². The standard InChI is InChI=1S/C15H19Cl2N3OS/c1-11(21)19-5-2-6-20(8-7-19)15(22)18-10-12-3-4-13(16)9-14(12)17/h3-4,9H,2,5-8,10H2,1H3,(H,18,22). The Bertz CT molecular complexity index is 568. The Kier molecular flexibility index (Phi) is 6.29. The predicted octanol–water partition coefficient (Wildman–Crippen LogP) is 2.92. The van der Waals surface area contributed by atoms with E-state index in [2.05, 4.69) is 10.2 Å². The van der Waals surface area contributed by atoms with E-state index >= 15 is 0 Å². The molecule has 7 heteroatoms. The number of carbonyl (C=O) groups excluding carboxylic acids is 1. The topological polar surface area (TPSA) is 35.6 Å². The summed E-state index contributed by atoms with van der Waals surface area (Å²) in [6, 6.07) is 5.42. The van der Waals surface area contributed by atoms with Crippen LogP contribution in [0.1, 0.15) is 18.9 Å². The normalized spacial score (nSPS) is 15.4. The third kappa shape index (κ3) is 4.73. The van der Waals surface area contributed by atoms with Crippen LogP contribution in [0, 0.1) is 0 Å². The van der Waals surface area contributed by atoms with Crippen LogP contribution < -0.4 is 5.32 Å². The van der Waals surface area contributed by atoms with Gasteiger partial charge in [-0.25, -0.2) is 0 Å². The van der Waals surface area contributed by atoms with Crippen molar-refractivity contribution in [1.29, 1.82) is 0 Å². The lowest BCUT2D eigenvalue weighted by Gasteiger charge is -2.24. The average molecular weight is 360 g/mol. The highest BCUT2D eigenvalue weighted by Gasteiger charge is 2.18. The molecule has 1 aromatic rings. The van der Waals surface area contributed by atoms with Crippen molar-refractivity contribution in [1.82, 2.24) is 15.1 Å². The quantitative estimate of drug-likeness (QED) is 0.823. The van der Waals surface area contributed by atoms with Gasteiger partial charge in [-0.2, -0.15) is 0 Å². The summed E-state index contributed by atoms with van der Waals surface area (Å²) in [6.07, 6.45) is 0.920. The van der Waals surface area contributed by atoms with Crippen molar-refractivity contribution in [3.63, 3.8) is 0 Å². The molecular formula is C15H19Cl2N3OS. The van der Waals surface area contributed by atoms with Crippen molar-refractivity contribution in [2.75, 3.05) is 26.2 Å². The highest BCUT2D eigenvalue weighted by molar-refractivity contribution is 7.80. The maximum Gasteiger partial charge on any atom is 0.219 e. The zero-order valence-corrected chi connectivity index (χ0v) is 14.8. The number of carbonyl (C=O) groups is 1. The lowest BCUT2D eigenvalue weighted by atomic mass is 10.2. The third-order valence-electron chi connectivity index (χ3n) is 3.67. The second-order valence-corrected chi connectivity index (χ2v) is 6.47. The number of amides is 1. The molecule has 1 aliphatic heterocycles. The van der Waals surface area contributed by atoms with Gasteiger partial charge in [-0.15, -0.1) is 0 Å². The minimum atomic E-state index is 0.119. The molecule has 0 saturated carbocycles. The van der Waals surface area contributed by atoms with E-state index in [4.69, 9.17) is 35.4 Å². The van der Waals surface area contributed by atoms with Crippen LogP contribution in [0.5, 0.6) is 0 Å². The molecule has 2 rings (SSSR count). The summed E-state index contributed by atoms with van der Waals surface area (Å²) in [5.74, 6) is 0.119. The summed E-state index contributed by atoms with van der Waals surface area (Å²) >= 11 is 17.5. The smallest absolute Gasteiger partial charge is 0.219 e. The Morgan fingerprint density at radius 3 is 2.59 bits per heavy atom. The fraction of sp³-hybridized carbons (Fsp3) is 0.467. The molecular weight excluding hydrogens is 341 g/mol. The van der Waals surface area contributed by atoms with Gasteiger partial charge in [0.25, 0.3) is 0 Å². The fourth-order valence-electron chi connectivity index (χ4n) is 2.38. The predicted molar refractivity (Wildman–Crippen MR) is 94.3 cm³/mol. The van der Waals surface area contributed by atoms with Crippen LogP contribution in [0.15, 0.2) is 18.2 Å². The molecule has 1 aliphatic rings. The summed E-state index contributed by atoms with van der Waals surface area (Å²) in [4.78, 5) is 15.4. The van der Waals surface area contributed by atoms with E-state index in [1.807, 2.05) is 17.0 Å². The highest BCUT2D eigenvalue weighted by Crippen LogP contribution is 2.20. The summed E-state index contributed by atoms with van der Waals surface area (Å²) in [5.41, 5.74) is 0.952. The van der Waals surface area contributed by atoms with Gasteiger partial charge in [0.1, 0.15) is 0 Å². The Balaban J connectivity index is 1.88. The van der Waals surface area contributed by atoms with Crippen molar-refractivity contribution in [2.45, 2.75) is 19.9 Å². The van der Waals surface area contributed by atoms with Gasteiger partial charge < -0.3 is 15.1 Å². The number of thiocarbonyl (C=S) groups is 1. The first kappa shape index (κ1) is 17.3. The van der Waals surface area contributed by atoms with Crippen molar-refractivity contribution in [3.8, 4) is 0 Å². The Hall–Kier alpha value is -1.04. The van der Waals surface area contributed by atoms with Crippen molar-refractivity contribution in [3.05, 3.63) is 33.8 Å². The maximum atomic E-state index is 11.4. The molecule has 0 aromatic heterocycles. The van der Waals surface area contributed by atoms with E-state index in [-0.39, 0.29) is 5.91 Å². The van der Waals surface area contributed by atoms with Gasteiger partial charge in [0.2, 0.25) is 5.91 Å². The van der Waals surface area contributed by atoms with Crippen LogP contribution in [0.3, 0.4) is 0 Å². The van der Waals surface area contributed by atoms with Gasteiger partial charge in [0.15, 0.2) is 5.11 Å². The highest BCUT2D eigenvalue weighted by atomic mass is 35.5. The number of halogens is 2. The second-order valence-electron chi connectivity index (χ2n) is 5.24. The zero-order chi connectivity index (χ0) is 16.1. The van der Waals surface area contributed by atoms with Gasteiger partial charge >= 0.3 is 0 Å². The molecule has 120 valence electrons. The molecule has 4 nitrogen and oxygen atoms in total. The first-order chi connectivity index (χ1) is 10.5. The van der Waals surface area contributed by atoms with Crippen LogP contribution in [-0.4, -0.2) is 47.0 Å². The molecule has 0 radical (unpaired) electrons. The summed E-state index contributed by atoms with van der Waals surface area (Å²) in [5, 5.41) is 5.16. The third-order valence-corrected chi connectivity index (χ3v) is 4.66. The summed E-state index contributed by atoms with van der Waals surface area (Å²) in [7, 11) is 0. The molecule has 22 heavy (non-hydrogen) atoms. The van der Waals surface area contributed by atoms with Crippen molar-refractivity contribution >= 4 is 46.4 Å². The van der Waals surface area contributed by atoms with E-state index in [1.54, 1.807) is 13.0 Å². The molecule has 1 N–H and O–H groups in total. The molecule has 0 unspecified atom stereocenters. The molecule has 0 spiro atoms. The zero-order valence-electron chi connectivity index (χ0n) is 12.4. The largest absolute Gasteiger partial charge is 0.358 e. The number of rotatable bonds is 2. The molecule has 1 heterocycles. The molecule has 0 bridgehead atoms. The molecule has 1 saturated heterocycles. The van der Waals surface area contributed by atoms with E-state index in [9.17, 15) is 4.79 Å². The van der Waals surface area contributed by atoms with E-state index < -0.39 is 0 Å². The molecule has 0 atom stereocenters.